The molecule has 0 aromatic carbocycles. The third-order valence-corrected chi connectivity index (χ3v) is 2.39. The van der Waals surface area contributed by atoms with Gasteiger partial charge in [-0.3, -0.25) is 0 Å². The summed E-state index contributed by atoms with van der Waals surface area (Å²) in [7, 11) is 0. The van der Waals surface area contributed by atoms with E-state index in [1.807, 2.05) is 6.92 Å². The molecule has 0 radical (unpaired) electrons. The minimum absolute atomic E-state index is 0.190. The highest BCUT2D eigenvalue weighted by atomic mass is 16.1. The first-order valence-corrected chi connectivity index (χ1v) is 3.88. The quantitative estimate of drug-likeness (QED) is 0.422. The van der Waals surface area contributed by atoms with Gasteiger partial charge in [-0.15, -0.1) is 0 Å². The van der Waals surface area contributed by atoms with Gasteiger partial charge in [0, 0.05) is 5.92 Å². The summed E-state index contributed by atoms with van der Waals surface area (Å²) in [5, 5.41) is 0. The van der Waals surface area contributed by atoms with Crippen LogP contribution < -0.4 is 0 Å². The first kappa shape index (κ1) is 7.52. The zero-order valence-electron chi connectivity index (χ0n) is 6.47. The minimum Gasteiger partial charge on any atom is -0.303 e. The number of carbonyl (C=O) groups is 1. The summed E-state index contributed by atoms with van der Waals surface area (Å²) in [6.07, 6.45) is 4.56. The zero-order chi connectivity index (χ0) is 7.56. The molecule has 0 spiro atoms. The summed E-state index contributed by atoms with van der Waals surface area (Å²) in [6, 6.07) is 0. The van der Waals surface area contributed by atoms with E-state index in [9.17, 15) is 4.79 Å². The van der Waals surface area contributed by atoms with Crippen molar-refractivity contribution in [2.45, 2.75) is 26.2 Å². The maximum atomic E-state index is 10.4. The largest absolute Gasteiger partial charge is 0.303 e. The van der Waals surface area contributed by atoms with E-state index in [0.29, 0.717) is 5.92 Å². The lowest BCUT2D eigenvalue weighted by Crippen LogP contribution is -2.09. The van der Waals surface area contributed by atoms with Crippen molar-refractivity contribution in [3.05, 3.63) is 12.2 Å². The predicted octanol–water partition coefficient (Wildman–Crippen LogP) is 2.18. The molecule has 1 heteroatoms. The smallest absolute Gasteiger partial charge is 0.123 e. The van der Waals surface area contributed by atoms with Crippen LogP contribution in [-0.2, 0) is 4.79 Å². The van der Waals surface area contributed by atoms with E-state index in [4.69, 9.17) is 0 Å². The third kappa shape index (κ3) is 1.28. The van der Waals surface area contributed by atoms with E-state index in [1.54, 1.807) is 0 Å². The fourth-order valence-corrected chi connectivity index (χ4v) is 1.67. The fourth-order valence-electron chi connectivity index (χ4n) is 1.67. The summed E-state index contributed by atoms with van der Waals surface area (Å²) >= 11 is 0. The maximum absolute atomic E-state index is 10.4. The molecule has 1 saturated carbocycles. The minimum atomic E-state index is 0.190. The Morgan fingerprint density at radius 1 is 1.80 bits per heavy atom. The van der Waals surface area contributed by atoms with Crippen molar-refractivity contribution in [3.63, 3.8) is 0 Å². The van der Waals surface area contributed by atoms with Crippen LogP contribution in [0.25, 0.3) is 0 Å². The molecule has 0 aromatic heterocycles. The van der Waals surface area contributed by atoms with Gasteiger partial charge in [-0.05, 0) is 25.2 Å². The van der Waals surface area contributed by atoms with E-state index in [2.05, 4.69) is 6.58 Å². The van der Waals surface area contributed by atoms with Crippen molar-refractivity contribution in [3.8, 4) is 0 Å². The summed E-state index contributed by atoms with van der Waals surface area (Å²) in [5.74, 6) is 0.674. The second kappa shape index (κ2) is 3.00. The molecule has 1 rings (SSSR count). The topological polar surface area (TPSA) is 17.1 Å². The van der Waals surface area contributed by atoms with Crippen molar-refractivity contribution < 1.29 is 4.79 Å². The molecule has 0 unspecified atom stereocenters. The van der Waals surface area contributed by atoms with Gasteiger partial charge in [-0.2, -0.15) is 0 Å². The van der Waals surface area contributed by atoms with Gasteiger partial charge >= 0.3 is 0 Å². The van der Waals surface area contributed by atoms with Crippen molar-refractivity contribution >= 4 is 6.29 Å². The highest BCUT2D eigenvalue weighted by Crippen LogP contribution is 2.34. The molecule has 2 atom stereocenters. The van der Waals surface area contributed by atoms with E-state index in [0.717, 1.165) is 12.7 Å². The van der Waals surface area contributed by atoms with Gasteiger partial charge in [-0.25, -0.2) is 0 Å². The highest BCUT2D eigenvalue weighted by Gasteiger charge is 2.23. The number of aldehydes is 1. The second-order valence-electron chi connectivity index (χ2n) is 3.15. The second-order valence-corrected chi connectivity index (χ2v) is 3.15. The molecule has 1 aliphatic carbocycles. The number of carbonyl (C=O) groups excluding carboxylic acids is 1. The molecule has 56 valence electrons. The van der Waals surface area contributed by atoms with Crippen molar-refractivity contribution in [2.75, 3.05) is 0 Å². The van der Waals surface area contributed by atoms with Gasteiger partial charge in [0.15, 0.2) is 0 Å². The van der Waals surface area contributed by atoms with E-state index in [1.165, 1.54) is 18.4 Å². The first-order valence-electron chi connectivity index (χ1n) is 3.88. The van der Waals surface area contributed by atoms with Gasteiger partial charge < -0.3 is 4.79 Å². The van der Waals surface area contributed by atoms with Crippen molar-refractivity contribution in [1.82, 2.24) is 0 Å². The molecule has 0 aliphatic heterocycles. The number of allylic oxidation sites excluding steroid dienone is 1. The Kier molecular flexibility index (Phi) is 2.25. The van der Waals surface area contributed by atoms with E-state index >= 15 is 0 Å². The van der Waals surface area contributed by atoms with Gasteiger partial charge in [-0.1, -0.05) is 19.1 Å². The van der Waals surface area contributed by atoms with Crippen LogP contribution in [0.15, 0.2) is 12.2 Å². The van der Waals surface area contributed by atoms with Gasteiger partial charge in [0.25, 0.3) is 0 Å². The molecule has 0 aromatic rings. The molecule has 1 nitrogen and oxygen atoms in total. The molecule has 0 heterocycles. The molecular formula is C9H14O. The number of hydrogen-bond donors (Lipinski definition) is 0. The van der Waals surface area contributed by atoms with Crippen LogP contribution >= 0.6 is 0 Å². The molecule has 1 fully saturated rings. The SMILES string of the molecule is C=C1CCC[C@H]1[C@@H](C)C=O. The number of rotatable bonds is 2. The van der Waals surface area contributed by atoms with Crippen LogP contribution in [0.3, 0.4) is 0 Å². The molecule has 1 aliphatic rings. The Bertz CT molecular complexity index is 149. The predicted molar refractivity (Wildman–Crippen MR) is 41.7 cm³/mol. The first-order chi connectivity index (χ1) is 4.75. The van der Waals surface area contributed by atoms with Crippen LogP contribution in [-0.4, -0.2) is 6.29 Å². The molecule has 0 amide bonds. The van der Waals surface area contributed by atoms with Crippen LogP contribution in [0.2, 0.25) is 0 Å². The lowest BCUT2D eigenvalue weighted by Gasteiger charge is -2.12. The lowest BCUT2D eigenvalue weighted by molar-refractivity contribution is -0.111. The molecule has 0 bridgehead atoms. The van der Waals surface area contributed by atoms with Gasteiger partial charge in [0.05, 0.1) is 0 Å². The Morgan fingerprint density at radius 3 is 2.90 bits per heavy atom. The fraction of sp³-hybridized carbons (Fsp3) is 0.667. The van der Waals surface area contributed by atoms with E-state index < -0.39 is 0 Å². The van der Waals surface area contributed by atoms with E-state index in [-0.39, 0.29) is 5.92 Å². The Balaban J connectivity index is 2.54. The molecule has 0 saturated heterocycles. The molecular weight excluding hydrogens is 124 g/mol. The Morgan fingerprint density at radius 2 is 2.50 bits per heavy atom. The highest BCUT2D eigenvalue weighted by molar-refractivity contribution is 5.54. The van der Waals surface area contributed by atoms with Crippen molar-refractivity contribution in [1.29, 1.82) is 0 Å². The summed E-state index contributed by atoms with van der Waals surface area (Å²) in [5.41, 5.74) is 1.28. The Labute approximate surface area is 62.1 Å². The molecule has 0 N–H and O–H groups in total. The monoisotopic (exact) mass is 138 g/mol. The average molecular weight is 138 g/mol. The van der Waals surface area contributed by atoms with Gasteiger partial charge in [0.1, 0.15) is 6.29 Å². The molecule has 10 heavy (non-hydrogen) atoms. The maximum Gasteiger partial charge on any atom is 0.123 e. The van der Waals surface area contributed by atoms with Crippen molar-refractivity contribution in [2.24, 2.45) is 11.8 Å². The Hall–Kier alpha value is -0.590. The zero-order valence-corrected chi connectivity index (χ0v) is 6.47. The van der Waals surface area contributed by atoms with Crippen LogP contribution in [0.4, 0.5) is 0 Å². The van der Waals surface area contributed by atoms with Crippen LogP contribution in [0.1, 0.15) is 26.2 Å². The summed E-state index contributed by atoms with van der Waals surface area (Å²) in [4.78, 5) is 10.4. The third-order valence-electron chi connectivity index (χ3n) is 2.39. The summed E-state index contributed by atoms with van der Waals surface area (Å²) < 4.78 is 0. The van der Waals surface area contributed by atoms with Crippen LogP contribution in [0.5, 0.6) is 0 Å². The van der Waals surface area contributed by atoms with Crippen LogP contribution in [0, 0.1) is 11.8 Å². The lowest BCUT2D eigenvalue weighted by atomic mass is 9.91. The standard InChI is InChI=1S/C9H14O/c1-7-4-3-5-9(7)8(2)6-10/h6,8-9H,1,3-5H2,2H3/t8-,9+/m0/s1. The average Bonchev–Trinajstić information content (AvgIpc) is 2.34. The summed E-state index contributed by atoms with van der Waals surface area (Å²) in [6.45, 7) is 5.93. The number of hydrogen-bond acceptors (Lipinski definition) is 1. The normalized spacial score (nSPS) is 28.5. The van der Waals surface area contributed by atoms with Gasteiger partial charge in [0.2, 0.25) is 0 Å².